The summed E-state index contributed by atoms with van der Waals surface area (Å²) in [5.74, 6) is 2.17. The highest BCUT2D eigenvalue weighted by molar-refractivity contribution is 7.10. The average molecular weight is 291 g/mol. The van der Waals surface area contributed by atoms with Gasteiger partial charge in [0.2, 0.25) is 0 Å². The molecule has 0 fully saturated rings. The van der Waals surface area contributed by atoms with E-state index in [0.29, 0.717) is 12.5 Å². The summed E-state index contributed by atoms with van der Waals surface area (Å²) in [5.41, 5.74) is 0. The molecule has 2 heterocycles. The Kier molecular flexibility index (Phi) is 5.68. The second-order valence-electron chi connectivity index (χ2n) is 4.57. The summed E-state index contributed by atoms with van der Waals surface area (Å²) in [5, 5.41) is 8.73. The normalized spacial score (nSPS) is 13.2. The van der Waals surface area contributed by atoms with Crippen LogP contribution in [0.25, 0.3) is 0 Å². The molecule has 20 heavy (non-hydrogen) atoms. The Morgan fingerprint density at radius 1 is 1.35 bits per heavy atom. The molecule has 0 aliphatic rings. The minimum atomic E-state index is 0.475. The van der Waals surface area contributed by atoms with Crippen molar-refractivity contribution in [1.82, 2.24) is 10.6 Å². The van der Waals surface area contributed by atoms with E-state index in [1.165, 1.54) is 4.88 Å². The van der Waals surface area contributed by atoms with E-state index in [1.54, 1.807) is 17.6 Å². The van der Waals surface area contributed by atoms with Crippen molar-refractivity contribution < 1.29 is 4.42 Å². The molecule has 0 saturated carbocycles. The standard InChI is InChI=1S/C15H21N3OS/c1-3-16-15(18-11-13-6-4-8-19-13)17-10-12(2)14-7-5-9-20-14/h4-9,12H,3,10-11H2,1-2H3,(H2,16,17,18). The fraction of sp³-hybridized carbons (Fsp3) is 0.400. The van der Waals surface area contributed by atoms with Gasteiger partial charge < -0.3 is 15.1 Å². The zero-order valence-corrected chi connectivity index (χ0v) is 12.7. The van der Waals surface area contributed by atoms with Gasteiger partial charge in [-0.2, -0.15) is 0 Å². The van der Waals surface area contributed by atoms with Gasteiger partial charge in [0.15, 0.2) is 5.96 Å². The van der Waals surface area contributed by atoms with Crippen molar-refractivity contribution >= 4 is 17.3 Å². The number of nitrogens with zero attached hydrogens (tertiary/aromatic N) is 1. The second-order valence-corrected chi connectivity index (χ2v) is 5.55. The monoisotopic (exact) mass is 291 g/mol. The minimum Gasteiger partial charge on any atom is -0.467 e. The van der Waals surface area contributed by atoms with Crippen LogP contribution in [0.2, 0.25) is 0 Å². The zero-order valence-electron chi connectivity index (χ0n) is 11.9. The summed E-state index contributed by atoms with van der Waals surface area (Å²) >= 11 is 1.79. The Labute approximate surface area is 123 Å². The summed E-state index contributed by atoms with van der Waals surface area (Å²) in [6.07, 6.45) is 1.67. The Morgan fingerprint density at radius 3 is 2.90 bits per heavy atom. The predicted octanol–water partition coefficient (Wildman–Crippen LogP) is 3.20. The molecule has 2 aromatic heterocycles. The Hall–Kier alpha value is -1.75. The average Bonchev–Trinajstić information content (AvgIpc) is 3.13. The molecule has 0 aromatic carbocycles. The minimum absolute atomic E-state index is 0.475. The SMILES string of the molecule is CCNC(=NCc1ccco1)NCC(C)c1cccs1. The van der Waals surface area contributed by atoms with Crippen LogP contribution in [0.3, 0.4) is 0 Å². The number of furan rings is 1. The molecule has 108 valence electrons. The van der Waals surface area contributed by atoms with Crippen molar-refractivity contribution in [2.75, 3.05) is 13.1 Å². The molecule has 2 rings (SSSR count). The van der Waals surface area contributed by atoms with E-state index in [1.807, 2.05) is 12.1 Å². The molecule has 0 radical (unpaired) electrons. The molecular weight excluding hydrogens is 270 g/mol. The smallest absolute Gasteiger partial charge is 0.191 e. The summed E-state index contributed by atoms with van der Waals surface area (Å²) < 4.78 is 5.29. The van der Waals surface area contributed by atoms with Crippen LogP contribution in [0, 0.1) is 0 Å². The number of hydrogen-bond acceptors (Lipinski definition) is 3. The number of nitrogens with one attached hydrogen (secondary N) is 2. The highest BCUT2D eigenvalue weighted by Crippen LogP contribution is 2.19. The molecule has 1 atom stereocenters. The van der Waals surface area contributed by atoms with Crippen molar-refractivity contribution in [2.45, 2.75) is 26.3 Å². The first-order valence-electron chi connectivity index (χ1n) is 6.87. The molecule has 1 unspecified atom stereocenters. The third-order valence-corrected chi connectivity index (χ3v) is 4.03. The highest BCUT2D eigenvalue weighted by Gasteiger charge is 2.07. The van der Waals surface area contributed by atoms with Gasteiger partial charge in [-0.25, -0.2) is 4.99 Å². The van der Waals surface area contributed by atoms with Gasteiger partial charge in [-0.05, 0) is 30.5 Å². The summed E-state index contributed by atoms with van der Waals surface area (Å²) in [4.78, 5) is 5.90. The maximum Gasteiger partial charge on any atom is 0.191 e. The molecule has 2 aromatic rings. The summed E-state index contributed by atoms with van der Waals surface area (Å²) in [7, 11) is 0. The quantitative estimate of drug-likeness (QED) is 0.635. The van der Waals surface area contributed by atoms with Crippen molar-refractivity contribution in [1.29, 1.82) is 0 Å². The third-order valence-electron chi connectivity index (χ3n) is 2.92. The van der Waals surface area contributed by atoms with E-state index in [2.05, 4.69) is 47.0 Å². The molecule has 4 nitrogen and oxygen atoms in total. The number of rotatable bonds is 6. The van der Waals surface area contributed by atoms with Crippen LogP contribution in [0.15, 0.2) is 45.3 Å². The van der Waals surface area contributed by atoms with Gasteiger partial charge in [-0.15, -0.1) is 11.3 Å². The first-order valence-corrected chi connectivity index (χ1v) is 7.75. The van der Waals surface area contributed by atoms with Gasteiger partial charge in [0.1, 0.15) is 12.3 Å². The maximum absolute atomic E-state index is 5.29. The van der Waals surface area contributed by atoms with Gasteiger partial charge in [0.05, 0.1) is 6.26 Å². The van der Waals surface area contributed by atoms with Crippen molar-refractivity contribution in [3.05, 3.63) is 46.5 Å². The molecule has 5 heteroatoms. The van der Waals surface area contributed by atoms with Gasteiger partial charge in [-0.3, -0.25) is 0 Å². The van der Waals surface area contributed by atoms with Crippen molar-refractivity contribution in [3.63, 3.8) is 0 Å². The molecule has 0 spiro atoms. The maximum atomic E-state index is 5.29. The molecule has 0 saturated heterocycles. The van der Waals surface area contributed by atoms with E-state index in [-0.39, 0.29) is 0 Å². The van der Waals surface area contributed by atoms with E-state index in [4.69, 9.17) is 4.42 Å². The Morgan fingerprint density at radius 2 is 2.25 bits per heavy atom. The van der Waals surface area contributed by atoms with Crippen LogP contribution in [-0.4, -0.2) is 19.0 Å². The van der Waals surface area contributed by atoms with Crippen LogP contribution in [0.1, 0.15) is 30.4 Å². The van der Waals surface area contributed by atoms with Gasteiger partial charge in [0.25, 0.3) is 0 Å². The first-order chi connectivity index (χ1) is 9.79. The lowest BCUT2D eigenvalue weighted by Crippen LogP contribution is -2.39. The van der Waals surface area contributed by atoms with Gasteiger partial charge in [-0.1, -0.05) is 13.0 Å². The number of thiophene rings is 1. The zero-order chi connectivity index (χ0) is 14.2. The number of hydrogen-bond donors (Lipinski definition) is 2. The van der Waals surface area contributed by atoms with E-state index in [0.717, 1.165) is 24.8 Å². The molecule has 0 aliphatic carbocycles. The van der Waals surface area contributed by atoms with Crippen LogP contribution in [-0.2, 0) is 6.54 Å². The first kappa shape index (κ1) is 14.7. The molecule has 0 bridgehead atoms. The van der Waals surface area contributed by atoms with Crippen molar-refractivity contribution in [2.24, 2.45) is 4.99 Å². The summed E-state index contributed by atoms with van der Waals surface area (Å²) in [6, 6.07) is 8.07. The highest BCUT2D eigenvalue weighted by atomic mass is 32.1. The Bertz CT molecular complexity index is 505. The van der Waals surface area contributed by atoms with E-state index >= 15 is 0 Å². The Balaban J connectivity index is 1.87. The van der Waals surface area contributed by atoms with E-state index < -0.39 is 0 Å². The van der Waals surface area contributed by atoms with E-state index in [9.17, 15) is 0 Å². The summed E-state index contributed by atoms with van der Waals surface area (Å²) in [6.45, 7) is 6.54. The molecular formula is C15H21N3OS. The van der Waals surface area contributed by atoms with Crippen LogP contribution >= 0.6 is 11.3 Å². The largest absolute Gasteiger partial charge is 0.467 e. The van der Waals surface area contributed by atoms with Gasteiger partial charge in [0, 0.05) is 23.9 Å². The van der Waals surface area contributed by atoms with Crippen LogP contribution in [0.5, 0.6) is 0 Å². The lowest BCUT2D eigenvalue weighted by atomic mass is 10.1. The fourth-order valence-corrected chi connectivity index (χ4v) is 2.61. The van der Waals surface area contributed by atoms with Crippen LogP contribution < -0.4 is 10.6 Å². The van der Waals surface area contributed by atoms with Crippen molar-refractivity contribution in [3.8, 4) is 0 Å². The fourth-order valence-electron chi connectivity index (χ4n) is 1.82. The topological polar surface area (TPSA) is 49.6 Å². The lowest BCUT2D eigenvalue weighted by Gasteiger charge is -2.14. The lowest BCUT2D eigenvalue weighted by molar-refractivity contribution is 0.512. The number of aliphatic imine (C=N–C) groups is 1. The second kappa shape index (κ2) is 7.75. The molecule has 2 N–H and O–H groups in total. The van der Waals surface area contributed by atoms with Crippen LogP contribution in [0.4, 0.5) is 0 Å². The molecule has 0 aliphatic heterocycles. The molecule has 0 amide bonds. The number of guanidine groups is 1. The predicted molar refractivity (Wildman–Crippen MR) is 84.3 cm³/mol. The third kappa shape index (κ3) is 4.42. The van der Waals surface area contributed by atoms with Gasteiger partial charge >= 0.3 is 0 Å².